The van der Waals surface area contributed by atoms with Crippen molar-refractivity contribution >= 4 is 17.4 Å². The van der Waals surface area contributed by atoms with Crippen LogP contribution in [0.5, 0.6) is 0 Å². The van der Waals surface area contributed by atoms with E-state index in [0.29, 0.717) is 5.15 Å². The minimum atomic E-state index is 0.567. The van der Waals surface area contributed by atoms with E-state index in [1.165, 1.54) is 12.8 Å². The van der Waals surface area contributed by atoms with Crippen molar-refractivity contribution in [1.29, 1.82) is 0 Å². The van der Waals surface area contributed by atoms with Gasteiger partial charge in [0.1, 0.15) is 16.8 Å². The third-order valence-electron chi connectivity index (χ3n) is 3.31. The lowest BCUT2D eigenvalue weighted by Crippen LogP contribution is -2.33. The van der Waals surface area contributed by atoms with Crippen molar-refractivity contribution < 1.29 is 0 Å². The molecular formula is C13H20ClN3. The first-order chi connectivity index (χ1) is 8.19. The molecule has 94 valence electrons. The molecule has 0 atom stereocenters. The SMILES string of the molecule is CCCc1nc(Cl)cc(N2CCC(C)CC2)n1. The van der Waals surface area contributed by atoms with E-state index < -0.39 is 0 Å². The Labute approximate surface area is 108 Å². The fourth-order valence-corrected chi connectivity index (χ4v) is 2.38. The maximum absolute atomic E-state index is 6.06. The molecule has 0 spiro atoms. The fourth-order valence-electron chi connectivity index (χ4n) is 2.19. The Kier molecular flexibility index (Phi) is 4.21. The van der Waals surface area contributed by atoms with Gasteiger partial charge in [0.25, 0.3) is 0 Å². The first kappa shape index (κ1) is 12.6. The van der Waals surface area contributed by atoms with Crippen LogP contribution in [0, 0.1) is 5.92 Å². The van der Waals surface area contributed by atoms with Crippen molar-refractivity contribution in [2.45, 2.75) is 39.5 Å². The second-order valence-electron chi connectivity index (χ2n) is 4.88. The topological polar surface area (TPSA) is 29.0 Å². The highest BCUT2D eigenvalue weighted by Crippen LogP contribution is 2.23. The Bertz CT molecular complexity index is 373. The number of hydrogen-bond donors (Lipinski definition) is 0. The monoisotopic (exact) mass is 253 g/mol. The smallest absolute Gasteiger partial charge is 0.134 e. The van der Waals surface area contributed by atoms with Crippen LogP contribution in [0.1, 0.15) is 38.9 Å². The van der Waals surface area contributed by atoms with Gasteiger partial charge in [0, 0.05) is 25.6 Å². The average Bonchev–Trinajstić information content (AvgIpc) is 2.29. The van der Waals surface area contributed by atoms with E-state index in [-0.39, 0.29) is 0 Å². The van der Waals surface area contributed by atoms with Crippen LogP contribution in [-0.4, -0.2) is 23.1 Å². The van der Waals surface area contributed by atoms with Crippen LogP contribution in [0.15, 0.2) is 6.07 Å². The minimum absolute atomic E-state index is 0.567. The quantitative estimate of drug-likeness (QED) is 0.774. The van der Waals surface area contributed by atoms with Crippen molar-refractivity contribution in [2.75, 3.05) is 18.0 Å². The Balaban J connectivity index is 2.14. The Morgan fingerprint density at radius 1 is 1.35 bits per heavy atom. The molecular weight excluding hydrogens is 234 g/mol. The van der Waals surface area contributed by atoms with Gasteiger partial charge in [0.2, 0.25) is 0 Å². The number of hydrogen-bond acceptors (Lipinski definition) is 3. The predicted molar refractivity (Wildman–Crippen MR) is 71.6 cm³/mol. The van der Waals surface area contributed by atoms with Gasteiger partial charge in [-0.1, -0.05) is 25.4 Å². The van der Waals surface area contributed by atoms with Crippen LogP contribution in [0.4, 0.5) is 5.82 Å². The number of aromatic nitrogens is 2. The van der Waals surface area contributed by atoms with Crippen LogP contribution >= 0.6 is 11.6 Å². The summed E-state index contributed by atoms with van der Waals surface area (Å²) in [5.74, 6) is 2.70. The molecule has 0 N–H and O–H groups in total. The molecule has 1 aliphatic heterocycles. The minimum Gasteiger partial charge on any atom is -0.356 e. The highest BCUT2D eigenvalue weighted by atomic mass is 35.5. The molecule has 0 aromatic carbocycles. The summed E-state index contributed by atoms with van der Waals surface area (Å²) < 4.78 is 0. The average molecular weight is 254 g/mol. The molecule has 1 aromatic rings. The molecule has 2 rings (SSSR count). The van der Waals surface area contributed by atoms with Gasteiger partial charge in [-0.2, -0.15) is 0 Å². The second-order valence-corrected chi connectivity index (χ2v) is 5.27. The largest absolute Gasteiger partial charge is 0.356 e. The van der Waals surface area contributed by atoms with E-state index >= 15 is 0 Å². The van der Waals surface area contributed by atoms with E-state index in [9.17, 15) is 0 Å². The zero-order valence-corrected chi connectivity index (χ0v) is 11.4. The molecule has 0 unspecified atom stereocenters. The zero-order valence-electron chi connectivity index (χ0n) is 10.6. The number of rotatable bonds is 3. The molecule has 17 heavy (non-hydrogen) atoms. The number of aryl methyl sites for hydroxylation is 1. The van der Waals surface area contributed by atoms with Crippen LogP contribution in [-0.2, 0) is 6.42 Å². The highest BCUT2D eigenvalue weighted by Gasteiger charge is 2.17. The van der Waals surface area contributed by atoms with Gasteiger partial charge in [-0.3, -0.25) is 0 Å². The molecule has 4 heteroatoms. The molecule has 2 heterocycles. The number of nitrogens with zero attached hydrogens (tertiary/aromatic N) is 3. The van der Waals surface area contributed by atoms with Gasteiger partial charge in [0.15, 0.2) is 0 Å². The Morgan fingerprint density at radius 2 is 2.06 bits per heavy atom. The van der Waals surface area contributed by atoms with Gasteiger partial charge < -0.3 is 4.90 Å². The van der Waals surface area contributed by atoms with Gasteiger partial charge in [-0.25, -0.2) is 9.97 Å². The van der Waals surface area contributed by atoms with Gasteiger partial charge in [0.05, 0.1) is 0 Å². The molecule has 1 aromatic heterocycles. The first-order valence-electron chi connectivity index (χ1n) is 6.47. The lowest BCUT2D eigenvalue weighted by atomic mass is 9.99. The van der Waals surface area contributed by atoms with Gasteiger partial charge in [-0.15, -0.1) is 0 Å². The normalized spacial score (nSPS) is 17.5. The number of piperidine rings is 1. The maximum Gasteiger partial charge on any atom is 0.134 e. The van der Waals surface area contributed by atoms with Crippen LogP contribution < -0.4 is 4.90 Å². The summed E-state index contributed by atoms with van der Waals surface area (Å²) in [6.45, 7) is 6.61. The molecule has 0 bridgehead atoms. The summed E-state index contributed by atoms with van der Waals surface area (Å²) in [7, 11) is 0. The predicted octanol–water partition coefficient (Wildman–Crippen LogP) is 3.32. The van der Waals surface area contributed by atoms with Crippen molar-refractivity contribution in [3.63, 3.8) is 0 Å². The molecule has 3 nitrogen and oxygen atoms in total. The molecule has 1 aliphatic rings. The lowest BCUT2D eigenvalue weighted by Gasteiger charge is -2.31. The van der Waals surface area contributed by atoms with E-state index in [4.69, 9.17) is 11.6 Å². The summed E-state index contributed by atoms with van der Waals surface area (Å²) in [5.41, 5.74) is 0. The van der Waals surface area contributed by atoms with Crippen LogP contribution in [0.3, 0.4) is 0 Å². The highest BCUT2D eigenvalue weighted by molar-refractivity contribution is 6.29. The summed E-state index contributed by atoms with van der Waals surface area (Å²) >= 11 is 6.06. The van der Waals surface area contributed by atoms with Crippen LogP contribution in [0.2, 0.25) is 5.15 Å². The molecule has 1 fully saturated rings. The van der Waals surface area contributed by atoms with Gasteiger partial charge >= 0.3 is 0 Å². The summed E-state index contributed by atoms with van der Waals surface area (Å²) in [6, 6.07) is 1.89. The van der Waals surface area contributed by atoms with E-state index in [1.54, 1.807) is 0 Å². The maximum atomic E-state index is 6.06. The standard InChI is InChI=1S/C13H20ClN3/c1-3-4-12-15-11(14)9-13(16-12)17-7-5-10(2)6-8-17/h9-10H,3-8H2,1-2H3. The molecule has 0 radical (unpaired) electrons. The van der Waals surface area contributed by atoms with Crippen molar-refractivity contribution in [1.82, 2.24) is 9.97 Å². The molecule has 1 saturated heterocycles. The second kappa shape index (κ2) is 5.67. The van der Waals surface area contributed by atoms with Crippen molar-refractivity contribution in [3.05, 3.63) is 17.0 Å². The summed E-state index contributed by atoms with van der Waals surface area (Å²) in [4.78, 5) is 11.2. The molecule has 0 saturated carbocycles. The fraction of sp³-hybridized carbons (Fsp3) is 0.692. The molecule has 0 aliphatic carbocycles. The summed E-state index contributed by atoms with van der Waals surface area (Å²) in [6.07, 6.45) is 4.43. The third-order valence-corrected chi connectivity index (χ3v) is 3.50. The Morgan fingerprint density at radius 3 is 2.71 bits per heavy atom. The molecule has 0 amide bonds. The first-order valence-corrected chi connectivity index (χ1v) is 6.85. The number of anilines is 1. The van der Waals surface area contributed by atoms with E-state index in [0.717, 1.165) is 43.5 Å². The summed E-state index contributed by atoms with van der Waals surface area (Å²) in [5, 5.41) is 0.567. The Hall–Kier alpha value is -0.830. The van der Waals surface area contributed by atoms with Crippen molar-refractivity contribution in [3.8, 4) is 0 Å². The van der Waals surface area contributed by atoms with Crippen LogP contribution in [0.25, 0.3) is 0 Å². The zero-order chi connectivity index (χ0) is 12.3. The number of halogens is 1. The van der Waals surface area contributed by atoms with E-state index in [2.05, 4.69) is 28.7 Å². The van der Waals surface area contributed by atoms with Gasteiger partial charge in [-0.05, 0) is 25.2 Å². The van der Waals surface area contributed by atoms with E-state index in [1.807, 2.05) is 6.07 Å². The third kappa shape index (κ3) is 3.32. The van der Waals surface area contributed by atoms with Crippen molar-refractivity contribution in [2.24, 2.45) is 5.92 Å². The lowest BCUT2D eigenvalue weighted by molar-refractivity contribution is 0.436.